The number of unbranched alkanes of at least 4 members (excludes halogenated alkanes) is 5. The van der Waals surface area contributed by atoms with E-state index in [-0.39, 0.29) is 6.42 Å². The lowest BCUT2D eigenvalue weighted by Gasteiger charge is -2.32. The fourth-order valence-electron chi connectivity index (χ4n) is 3.69. The SMILES string of the molecule is CCCCCCCCOc1ccc(C2CCCN(CCC(=O)O)C2)cc1. The molecule has 1 fully saturated rings. The molecule has 0 radical (unpaired) electrons. The zero-order valence-corrected chi connectivity index (χ0v) is 16.3. The molecule has 1 atom stereocenters. The van der Waals surface area contributed by atoms with Crippen LogP contribution in [0.2, 0.25) is 0 Å². The van der Waals surface area contributed by atoms with E-state index in [4.69, 9.17) is 9.84 Å². The van der Waals surface area contributed by atoms with Crippen molar-refractivity contribution in [2.45, 2.75) is 70.6 Å². The van der Waals surface area contributed by atoms with Gasteiger partial charge in [-0.1, -0.05) is 51.2 Å². The highest BCUT2D eigenvalue weighted by Gasteiger charge is 2.21. The maximum atomic E-state index is 10.8. The Morgan fingerprint density at radius 2 is 1.88 bits per heavy atom. The number of nitrogens with zero attached hydrogens (tertiary/aromatic N) is 1. The van der Waals surface area contributed by atoms with E-state index in [0.717, 1.165) is 38.3 Å². The molecule has 1 aromatic carbocycles. The van der Waals surface area contributed by atoms with Crippen LogP contribution in [0.15, 0.2) is 24.3 Å². The van der Waals surface area contributed by atoms with Gasteiger partial charge in [0.05, 0.1) is 13.0 Å². The number of benzene rings is 1. The minimum Gasteiger partial charge on any atom is -0.494 e. The molecular weight excluding hydrogens is 326 g/mol. The van der Waals surface area contributed by atoms with Crippen molar-refractivity contribution in [1.29, 1.82) is 0 Å². The molecule has 26 heavy (non-hydrogen) atoms. The second-order valence-electron chi connectivity index (χ2n) is 7.47. The third kappa shape index (κ3) is 7.77. The van der Waals surface area contributed by atoms with Crippen LogP contribution in [-0.4, -0.2) is 42.2 Å². The standard InChI is InChI=1S/C22H35NO3/c1-2-3-4-5-6-7-17-26-21-12-10-19(11-13-21)20-9-8-15-23(18-20)16-14-22(24)25/h10-13,20H,2-9,14-18H2,1H3,(H,24,25). The molecular formula is C22H35NO3. The molecule has 1 aromatic rings. The monoisotopic (exact) mass is 361 g/mol. The maximum absolute atomic E-state index is 10.8. The molecule has 0 spiro atoms. The van der Waals surface area contributed by atoms with Gasteiger partial charge in [-0.3, -0.25) is 4.79 Å². The molecule has 1 N–H and O–H groups in total. The molecule has 1 aliphatic heterocycles. The van der Waals surface area contributed by atoms with Crippen molar-refractivity contribution >= 4 is 5.97 Å². The van der Waals surface area contributed by atoms with Crippen molar-refractivity contribution in [2.24, 2.45) is 0 Å². The number of hydrogen-bond donors (Lipinski definition) is 1. The first-order valence-corrected chi connectivity index (χ1v) is 10.4. The predicted molar refractivity (Wildman–Crippen MR) is 106 cm³/mol. The summed E-state index contributed by atoms with van der Waals surface area (Å²) in [7, 11) is 0. The summed E-state index contributed by atoms with van der Waals surface area (Å²) in [6.45, 7) is 5.69. The average Bonchev–Trinajstić information content (AvgIpc) is 2.66. The molecule has 146 valence electrons. The van der Waals surface area contributed by atoms with E-state index >= 15 is 0 Å². The summed E-state index contributed by atoms with van der Waals surface area (Å²) in [5.74, 6) is 0.755. The molecule has 0 aromatic heterocycles. The second-order valence-corrected chi connectivity index (χ2v) is 7.47. The molecule has 1 saturated heterocycles. The second kappa shape index (κ2) is 11.9. The van der Waals surface area contributed by atoms with Crippen LogP contribution in [0.3, 0.4) is 0 Å². The van der Waals surface area contributed by atoms with Crippen LogP contribution < -0.4 is 4.74 Å². The summed E-state index contributed by atoms with van der Waals surface area (Å²) in [6, 6.07) is 8.54. The molecule has 0 aliphatic carbocycles. The van der Waals surface area contributed by atoms with Gasteiger partial charge in [0.25, 0.3) is 0 Å². The number of likely N-dealkylation sites (tertiary alicyclic amines) is 1. The van der Waals surface area contributed by atoms with Crippen LogP contribution >= 0.6 is 0 Å². The smallest absolute Gasteiger partial charge is 0.304 e. The Balaban J connectivity index is 1.70. The molecule has 0 saturated carbocycles. The molecule has 4 heteroatoms. The number of rotatable bonds is 12. The van der Waals surface area contributed by atoms with Crippen LogP contribution in [-0.2, 0) is 4.79 Å². The van der Waals surface area contributed by atoms with Gasteiger partial charge in [0, 0.05) is 13.1 Å². The summed E-state index contributed by atoms with van der Waals surface area (Å²) in [6.07, 6.45) is 10.2. The van der Waals surface area contributed by atoms with Crippen LogP contribution in [0.25, 0.3) is 0 Å². The zero-order valence-electron chi connectivity index (χ0n) is 16.3. The van der Waals surface area contributed by atoms with E-state index in [0.29, 0.717) is 12.5 Å². The third-order valence-electron chi connectivity index (χ3n) is 5.27. The Kier molecular flexibility index (Phi) is 9.54. The summed E-state index contributed by atoms with van der Waals surface area (Å²) in [5, 5.41) is 8.86. The summed E-state index contributed by atoms with van der Waals surface area (Å²) in [4.78, 5) is 13.0. The van der Waals surface area contributed by atoms with Crippen LogP contribution in [0.5, 0.6) is 5.75 Å². The van der Waals surface area contributed by atoms with Crippen molar-refractivity contribution in [3.05, 3.63) is 29.8 Å². The number of carbonyl (C=O) groups is 1. The number of piperidine rings is 1. The van der Waals surface area contributed by atoms with Crippen LogP contribution in [0.1, 0.15) is 76.2 Å². The van der Waals surface area contributed by atoms with E-state index in [2.05, 4.69) is 36.1 Å². The van der Waals surface area contributed by atoms with Crippen molar-refractivity contribution in [3.8, 4) is 5.75 Å². The molecule has 0 bridgehead atoms. The highest BCUT2D eigenvalue weighted by atomic mass is 16.5. The van der Waals surface area contributed by atoms with Gasteiger partial charge in [-0.25, -0.2) is 0 Å². The normalized spacial score (nSPS) is 18.0. The lowest BCUT2D eigenvalue weighted by molar-refractivity contribution is -0.137. The minimum absolute atomic E-state index is 0.234. The molecule has 1 unspecified atom stereocenters. The highest BCUT2D eigenvalue weighted by molar-refractivity contribution is 5.66. The Hall–Kier alpha value is -1.55. The van der Waals surface area contributed by atoms with E-state index in [9.17, 15) is 4.79 Å². The van der Waals surface area contributed by atoms with Gasteiger partial charge in [-0.2, -0.15) is 0 Å². The lowest BCUT2D eigenvalue weighted by Crippen LogP contribution is -2.35. The molecule has 1 heterocycles. The molecule has 0 amide bonds. The van der Waals surface area contributed by atoms with Gasteiger partial charge in [-0.05, 0) is 49.4 Å². The van der Waals surface area contributed by atoms with Gasteiger partial charge < -0.3 is 14.7 Å². The van der Waals surface area contributed by atoms with Gasteiger partial charge in [0.1, 0.15) is 5.75 Å². The molecule has 1 aliphatic rings. The molecule has 2 rings (SSSR count). The Morgan fingerprint density at radius 1 is 1.15 bits per heavy atom. The first-order chi connectivity index (χ1) is 12.7. The quantitative estimate of drug-likeness (QED) is 0.527. The van der Waals surface area contributed by atoms with Crippen molar-refractivity contribution < 1.29 is 14.6 Å². The van der Waals surface area contributed by atoms with Crippen LogP contribution in [0.4, 0.5) is 0 Å². The summed E-state index contributed by atoms with van der Waals surface area (Å²) in [5.41, 5.74) is 1.34. The van der Waals surface area contributed by atoms with Crippen molar-refractivity contribution in [1.82, 2.24) is 4.90 Å². The Bertz CT molecular complexity index is 515. The van der Waals surface area contributed by atoms with Gasteiger partial charge in [-0.15, -0.1) is 0 Å². The largest absolute Gasteiger partial charge is 0.494 e. The minimum atomic E-state index is -0.709. The first kappa shape index (κ1) is 20.8. The predicted octanol–water partition coefficient (Wildman–Crippen LogP) is 5.08. The fraction of sp³-hybridized carbons (Fsp3) is 0.682. The van der Waals surface area contributed by atoms with Gasteiger partial charge in [0.15, 0.2) is 0 Å². The zero-order chi connectivity index (χ0) is 18.6. The lowest BCUT2D eigenvalue weighted by atomic mass is 9.90. The number of aliphatic carboxylic acids is 1. The van der Waals surface area contributed by atoms with Crippen molar-refractivity contribution in [3.63, 3.8) is 0 Å². The van der Waals surface area contributed by atoms with Crippen LogP contribution in [0, 0.1) is 0 Å². The first-order valence-electron chi connectivity index (χ1n) is 10.4. The highest BCUT2D eigenvalue weighted by Crippen LogP contribution is 2.28. The number of carboxylic acid groups (broad SMARTS) is 1. The van der Waals surface area contributed by atoms with E-state index in [1.807, 2.05) is 0 Å². The third-order valence-corrected chi connectivity index (χ3v) is 5.27. The number of ether oxygens (including phenoxy) is 1. The Labute approximate surface area is 158 Å². The average molecular weight is 362 g/mol. The molecule has 4 nitrogen and oxygen atoms in total. The topological polar surface area (TPSA) is 49.8 Å². The summed E-state index contributed by atoms with van der Waals surface area (Å²) < 4.78 is 5.87. The van der Waals surface area contributed by atoms with Crippen molar-refractivity contribution in [2.75, 3.05) is 26.2 Å². The maximum Gasteiger partial charge on any atom is 0.304 e. The van der Waals surface area contributed by atoms with E-state index in [1.54, 1.807) is 0 Å². The number of carboxylic acids is 1. The van der Waals surface area contributed by atoms with E-state index < -0.39 is 5.97 Å². The van der Waals surface area contributed by atoms with E-state index in [1.165, 1.54) is 44.1 Å². The summed E-state index contributed by atoms with van der Waals surface area (Å²) >= 11 is 0. The van der Waals surface area contributed by atoms with Gasteiger partial charge in [0.2, 0.25) is 0 Å². The van der Waals surface area contributed by atoms with Gasteiger partial charge >= 0.3 is 5.97 Å². The fourth-order valence-corrected chi connectivity index (χ4v) is 3.69. The number of hydrogen-bond acceptors (Lipinski definition) is 3. The Morgan fingerprint density at radius 3 is 2.62 bits per heavy atom.